The van der Waals surface area contributed by atoms with E-state index >= 15 is 0 Å². The van der Waals surface area contributed by atoms with Crippen molar-refractivity contribution in [3.8, 4) is 0 Å². The predicted octanol–water partition coefficient (Wildman–Crippen LogP) is 1.87. The highest BCUT2D eigenvalue weighted by molar-refractivity contribution is 5.85. The summed E-state index contributed by atoms with van der Waals surface area (Å²) in [5.74, 6) is -0.384. The van der Waals surface area contributed by atoms with Crippen LogP contribution >= 0.6 is 0 Å². The Bertz CT molecular complexity index is 358. The van der Waals surface area contributed by atoms with E-state index in [4.69, 9.17) is 10.5 Å². The van der Waals surface area contributed by atoms with Gasteiger partial charge in [-0.05, 0) is 32.1 Å². The summed E-state index contributed by atoms with van der Waals surface area (Å²) in [5.41, 5.74) is 4.75. The van der Waals surface area contributed by atoms with Crippen molar-refractivity contribution in [1.82, 2.24) is 5.32 Å². The van der Waals surface area contributed by atoms with Crippen molar-refractivity contribution in [2.75, 3.05) is 6.61 Å². The zero-order valence-electron chi connectivity index (χ0n) is 11.3. The van der Waals surface area contributed by atoms with E-state index in [1.807, 2.05) is 0 Å². The van der Waals surface area contributed by atoms with Crippen LogP contribution in [-0.2, 0) is 9.53 Å². The standard InChI is InChI=1S/C13H21F3N2O2/c14-13(15,16)5-1-7-20-10-4-6-12(8-10,11(17)19)18-9-2-3-9/h9-10,18H,1-8H2,(H2,17,19). The first-order chi connectivity index (χ1) is 9.31. The number of amides is 1. The molecule has 2 rings (SSSR count). The molecule has 0 aromatic heterocycles. The average Bonchev–Trinajstić information content (AvgIpc) is 3.03. The molecule has 2 fully saturated rings. The largest absolute Gasteiger partial charge is 0.389 e. The monoisotopic (exact) mass is 294 g/mol. The number of nitrogens with two attached hydrogens (primary N) is 1. The first-order valence-corrected chi connectivity index (χ1v) is 7.07. The third-order valence-corrected chi connectivity index (χ3v) is 3.96. The molecule has 0 aromatic carbocycles. The number of hydrogen-bond acceptors (Lipinski definition) is 3. The lowest BCUT2D eigenvalue weighted by atomic mass is 9.96. The second-order valence-corrected chi connectivity index (χ2v) is 5.82. The van der Waals surface area contributed by atoms with Crippen LogP contribution in [0.5, 0.6) is 0 Å². The molecule has 0 radical (unpaired) electrons. The summed E-state index contributed by atoms with van der Waals surface area (Å²) in [5, 5.41) is 3.28. The summed E-state index contributed by atoms with van der Waals surface area (Å²) in [7, 11) is 0. The summed E-state index contributed by atoms with van der Waals surface area (Å²) >= 11 is 0. The lowest BCUT2D eigenvalue weighted by molar-refractivity contribution is -0.138. The highest BCUT2D eigenvalue weighted by Crippen LogP contribution is 2.35. The van der Waals surface area contributed by atoms with Crippen LogP contribution < -0.4 is 11.1 Å². The second-order valence-electron chi connectivity index (χ2n) is 5.82. The third-order valence-electron chi connectivity index (χ3n) is 3.96. The molecule has 0 heterocycles. The molecule has 2 atom stereocenters. The first-order valence-electron chi connectivity index (χ1n) is 7.07. The van der Waals surface area contributed by atoms with Crippen LogP contribution in [0.25, 0.3) is 0 Å². The molecule has 2 aliphatic rings. The predicted molar refractivity (Wildman–Crippen MR) is 67.0 cm³/mol. The summed E-state index contributed by atoms with van der Waals surface area (Å²) < 4.78 is 41.5. The Kier molecular flexibility index (Phi) is 4.59. The third kappa shape index (κ3) is 4.34. The molecule has 2 aliphatic carbocycles. The van der Waals surface area contributed by atoms with Gasteiger partial charge in [0, 0.05) is 25.5 Å². The SMILES string of the molecule is NC(=O)C1(NC2CC2)CCC(OCCCC(F)(F)F)C1. The molecule has 0 aromatic rings. The van der Waals surface area contributed by atoms with E-state index < -0.39 is 18.1 Å². The van der Waals surface area contributed by atoms with Crippen LogP contribution in [-0.4, -0.2) is 36.4 Å². The van der Waals surface area contributed by atoms with Crippen LogP contribution in [0.1, 0.15) is 44.9 Å². The van der Waals surface area contributed by atoms with E-state index in [9.17, 15) is 18.0 Å². The van der Waals surface area contributed by atoms with Crippen LogP contribution in [0, 0.1) is 0 Å². The van der Waals surface area contributed by atoms with Gasteiger partial charge in [-0.1, -0.05) is 0 Å². The average molecular weight is 294 g/mol. The van der Waals surface area contributed by atoms with Crippen LogP contribution in [0.4, 0.5) is 13.2 Å². The van der Waals surface area contributed by atoms with Crippen molar-refractivity contribution >= 4 is 5.91 Å². The minimum atomic E-state index is -4.14. The van der Waals surface area contributed by atoms with E-state index in [1.54, 1.807) is 0 Å². The van der Waals surface area contributed by atoms with Gasteiger partial charge in [-0.3, -0.25) is 4.79 Å². The highest BCUT2D eigenvalue weighted by atomic mass is 19.4. The fraction of sp³-hybridized carbons (Fsp3) is 0.923. The van der Waals surface area contributed by atoms with Crippen molar-refractivity contribution in [3.05, 3.63) is 0 Å². The normalized spacial score (nSPS) is 30.6. The van der Waals surface area contributed by atoms with Crippen LogP contribution in [0.3, 0.4) is 0 Å². The number of alkyl halides is 3. The van der Waals surface area contributed by atoms with Crippen molar-refractivity contribution in [3.63, 3.8) is 0 Å². The van der Waals surface area contributed by atoms with E-state index in [0.29, 0.717) is 25.3 Å². The minimum Gasteiger partial charge on any atom is -0.378 e. The number of nitrogens with one attached hydrogen (secondary N) is 1. The molecule has 0 spiro atoms. The molecule has 2 unspecified atom stereocenters. The maximum atomic E-state index is 12.0. The molecule has 0 aliphatic heterocycles. The summed E-state index contributed by atoms with van der Waals surface area (Å²) in [6.45, 7) is 0.0719. The molecule has 4 nitrogen and oxygen atoms in total. The summed E-state index contributed by atoms with van der Waals surface area (Å²) in [6, 6.07) is 0.353. The summed E-state index contributed by atoms with van der Waals surface area (Å²) in [6.07, 6.45) is -1.37. The van der Waals surface area contributed by atoms with Gasteiger partial charge in [0.15, 0.2) is 0 Å². The van der Waals surface area contributed by atoms with Crippen LogP contribution in [0.15, 0.2) is 0 Å². The van der Waals surface area contributed by atoms with Gasteiger partial charge < -0.3 is 15.8 Å². The van der Waals surface area contributed by atoms with E-state index in [2.05, 4.69) is 5.32 Å². The lowest BCUT2D eigenvalue weighted by Gasteiger charge is -2.27. The topological polar surface area (TPSA) is 64.4 Å². The second kappa shape index (κ2) is 5.89. The smallest absolute Gasteiger partial charge is 0.378 e. The van der Waals surface area contributed by atoms with Crippen LogP contribution in [0.2, 0.25) is 0 Å². The zero-order valence-corrected chi connectivity index (χ0v) is 11.3. The van der Waals surface area contributed by atoms with E-state index in [-0.39, 0.29) is 25.0 Å². The molecule has 0 bridgehead atoms. The number of primary amides is 1. The van der Waals surface area contributed by atoms with Gasteiger partial charge in [0.1, 0.15) is 5.54 Å². The van der Waals surface area contributed by atoms with Gasteiger partial charge in [0.05, 0.1) is 6.10 Å². The number of halogens is 3. The lowest BCUT2D eigenvalue weighted by Crippen LogP contribution is -2.54. The molecule has 7 heteroatoms. The zero-order chi connectivity index (χ0) is 14.8. The molecule has 1 amide bonds. The van der Waals surface area contributed by atoms with Gasteiger partial charge in [-0.25, -0.2) is 0 Å². The fourth-order valence-electron chi connectivity index (χ4n) is 2.71. The van der Waals surface area contributed by atoms with Gasteiger partial charge in [-0.2, -0.15) is 13.2 Å². The Morgan fingerprint density at radius 3 is 2.60 bits per heavy atom. The number of hydrogen-bond donors (Lipinski definition) is 2. The Morgan fingerprint density at radius 1 is 1.35 bits per heavy atom. The Balaban J connectivity index is 1.74. The Morgan fingerprint density at radius 2 is 2.05 bits per heavy atom. The van der Waals surface area contributed by atoms with Gasteiger partial charge >= 0.3 is 6.18 Å². The number of ether oxygens (including phenoxy) is 1. The molecule has 116 valence electrons. The number of carbonyl (C=O) groups excluding carboxylic acids is 1. The van der Waals surface area contributed by atoms with Crippen molar-refractivity contribution in [2.24, 2.45) is 5.73 Å². The van der Waals surface area contributed by atoms with Gasteiger partial charge in [0.25, 0.3) is 0 Å². The highest BCUT2D eigenvalue weighted by Gasteiger charge is 2.47. The number of rotatable bonds is 7. The Labute approximate surface area is 116 Å². The quantitative estimate of drug-likeness (QED) is 0.705. The minimum absolute atomic E-state index is 0.0420. The van der Waals surface area contributed by atoms with Gasteiger partial charge in [-0.15, -0.1) is 0 Å². The van der Waals surface area contributed by atoms with Crippen molar-refractivity contribution < 1.29 is 22.7 Å². The van der Waals surface area contributed by atoms with Crippen molar-refractivity contribution in [1.29, 1.82) is 0 Å². The molecular formula is C13H21F3N2O2. The molecular weight excluding hydrogens is 273 g/mol. The van der Waals surface area contributed by atoms with E-state index in [0.717, 1.165) is 12.8 Å². The Hall–Kier alpha value is -0.820. The molecule has 20 heavy (non-hydrogen) atoms. The summed E-state index contributed by atoms with van der Waals surface area (Å²) in [4.78, 5) is 11.6. The maximum absolute atomic E-state index is 12.0. The molecule has 3 N–H and O–H groups in total. The first kappa shape index (κ1) is 15.6. The molecule has 0 saturated heterocycles. The number of carbonyl (C=O) groups is 1. The van der Waals surface area contributed by atoms with Crippen molar-refractivity contribution in [2.45, 2.75) is 68.8 Å². The van der Waals surface area contributed by atoms with Gasteiger partial charge in [0.2, 0.25) is 5.91 Å². The van der Waals surface area contributed by atoms with E-state index in [1.165, 1.54) is 0 Å². The fourth-order valence-corrected chi connectivity index (χ4v) is 2.71. The maximum Gasteiger partial charge on any atom is 0.389 e. The molecule has 2 saturated carbocycles.